The van der Waals surface area contributed by atoms with E-state index >= 15 is 0 Å². The smallest absolute Gasteiger partial charge is 0.254 e. The third-order valence-corrected chi connectivity index (χ3v) is 5.73. The summed E-state index contributed by atoms with van der Waals surface area (Å²) in [4.78, 5) is 28.8. The highest BCUT2D eigenvalue weighted by atomic mass is 32.1. The summed E-state index contributed by atoms with van der Waals surface area (Å²) in [5.74, 6) is -0.219. The molecular formula is C22H20N2O2S. The maximum atomic E-state index is 13.1. The largest absolute Gasteiger partial charge is 0.349 e. The van der Waals surface area contributed by atoms with Crippen molar-refractivity contribution in [3.05, 3.63) is 93.7 Å². The van der Waals surface area contributed by atoms with Crippen LogP contribution < -0.4 is 5.32 Å². The quantitative estimate of drug-likeness (QED) is 0.756. The number of carbonyl (C=O) groups excluding carboxylic acids is 2. The fourth-order valence-electron chi connectivity index (χ4n) is 3.42. The molecule has 0 spiro atoms. The van der Waals surface area contributed by atoms with Crippen LogP contribution in [0.1, 0.15) is 26.4 Å². The van der Waals surface area contributed by atoms with Crippen LogP contribution in [-0.4, -0.2) is 22.8 Å². The van der Waals surface area contributed by atoms with E-state index < -0.39 is 6.04 Å². The van der Waals surface area contributed by atoms with Gasteiger partial charge in [0.25, 0.3) is 5.91 Å². The van der Waals surface area contributed by atoms with Crippen LogP contribution in [0.25, 0.3) is 0 Å². The Bertz CT molecular complexity index is 938. The Morgan fingerprint density at radius 1 is 0.963 bits per heavy atom. The number of thiophene rings is 1. The van der Waals surface area contributed by atoms with Gasteiger partial charge in [-0.1, -0.05) is 48.5 Å². The zero-order valence-corrected chi connectivity index (χ0v) is 15.6. The highest BCUT2D eigenvalue weighted by Crippen LogP contribution is 2.25. The summed E-state index contributed by atoms with van der Waals surface area (Å²) >= 11 is 1.61. The van der Waals surface area contributed by atoms with Gasteiger partial charge in [-0.05, 0) is 34.7 Å². The molecule has 0 bridgehead atoms. The van der Waals surface area contributed by atoms with Gasteiger partial charge in [0.05, 0.1) is 6.54 Å². The predicted molar refractivity (Wildman–Crippen MR) is 106 cm³/mol. The van der Waals surface area contributed by atoms with Crippen molar-refractivity contribution >= 4 is 23.2 Å². The molecule has 5 heteroatoms. The van der Waals surface area contributed by atoms with Crippen molar-refractivity contribution in [1.82, 2.24) is 10.2 Å². The van der Waals surface area contributed by atoms with Crippen LogP contribution in [0.15, 0.2) is 72.1 Å². The van der Waals surface area contributed by atoms with Gasteiger partial charge >= 0.3 is 0 Å². The summed E-state index contributed by atoms with van der Waals surface area (Å²) in [5, 5.41) is 4.99. The third kappa shape index (κ3) is 3.78. The number of fused-ring (bicyclic) bond motifs is 1. The van der Waals surface area contributed by atoms with Crippen molar-refractivity contribution in [1.29, 1.82) is 0 Å². The van der Waals surface area contributed by atoms with E-state index in [0.717, 1.165) is 16.0 Å². The summed E-state index contributed by atoms with van der Waals surface area (Å²) in [6, 6.07) is 20.6. The fourth-order valence-corrected chi connectivity index (χ4v) is 4.07. The van der Waals surface area contributed by atoms with Gasteiger partial charge in [-0.15, -0.1) is 11.3 Å². The average molecular weight is 376 g/mol. The molecule has 2 aromatic carbocycles. The van der Waals surface area contributed by atoms with E-state index in [1.807, 2.05) is 60.0 Å². The van der Waals surface area contributed by atoms with Crippen LogP contribution in [-0.2, 0) is 24.3 Å². The van der Waals surface area contributed by atoms with Gasteiger partial charge in [-0.2, -0.15) is 0 Å². The maximum Gasteiger partial charge on any atom is 0.254 e. The van der Waals surface area contributed by atoms with Gasteiger partial charge in [0, 0.05) is 23.4 Å². The molecule has 0 fully saturated rings. The Hall–Kier alpha value is -2.92. The SMILES string of the molecule is O=C(NCc1cccs1)[C@H]1Cc2ccccc2CN1C(=O)c1ccccc1. The molecule has 0 aliphatic carbocycles. The standard InChI is InChI=1S/C22H20N2O2S/c25-21(23-14-19-11-6-12-27-19)20-13-17-9-4-5-10-18(17)15-24(20)22(26)16-7-2-1-3-8-16/h1-12,20H,13-15H2,(H,23,25)/t20-/m1/s1. The van der Waals surface area contributed by atoms with Crippen LogP contribution in [0.2, 0.25) is 0 Å². The van der Waals surface area contributed by atoms with Gasteiger partial charge in [0.2, 0.25) is 5.91 Å². The monoisotopic (exact) mass is 376 g/mol. The van der Waals surface area contributed by atoms with Gasteiger partial charge in [-0.25, -0.2) is 0 Å². The lowest BCUT2D eigenvalue weighted by molar-refractivity contribution is -0.126. The van der Waals surface area contributed by atoms with E-state index in [-0.39, 0.29) is 11.8 Å². The normalized spacial score (nSPS) is 15.9. The zero-order chi connectivity index (χ0) is 18.6. The lowest BCUT2D eigenvalue weighted by Crippen LogP contribution is -2.52. The van der Waals surface area contributed by atoms with Crippen molar-refractivity contribution in [3.63, 3.8) is 0 Å². The molecule has 0 unspecified atom stereocenters. The minimum absolute atomic E-state index is 0.109. The van der Waals surface area contributed by atoms with Gasteiger partial charge in [-0.3, -0.25) is 9.59 Å². The first-order valence-electron chi connectivity index (χ1n) is 8.95. The molecule has 1 aromatic heterocycles. The average Bonchev–Trinajstić information content (AvgIpc) is 3.25. The molecule has 1 aliphatic heterocycles. The molecule has 0 radical (unpaired) electrons. The zero-order valence-electron chi connectivity index (χ0n) is 14.8. The van der Waals surface area contributed by atoms with Crippen molar-refractivity contribution < 1.29 is 9.59 Å². The van der Waals surface area contributed by atoms with Crippen molar-refractivity contribution in [2.75, 3.05) is 0 Å². The summed E-state index contributed by atoms with van der Waals surface area (Å²) < 4.78 is 0. The number of hydrogen-bond donors (Lipinski definition) is 1. The number of amides is 2. The Balaban J connectivity index is 1.59. The predicted octanol–water partition coefficient (Wildman–Crippen LogP) is 3.63. The fraction of sp³-hybridized carbons (Fsp3) is 0.182. The molecule has 1 N–H and O–H groups in total. The number of nitrogens with zero attached hydrogens (tertiary/aromatic N) is 1. The first-order chi connectivity index (χ1) is 13.2. The molecule has 2 amide bonds. The Morgan fingerprint density at radius 3 is 2.44 bits per heavy atom. The Morgan fingerprint density at radius 2 is 1.70 bits per heavy atom. The summed E-state index contributed by atoms with van der Waals surface area (Å²) in [6.07, 6.45) is 0.533. The number of carbonyl (C=O) groups is 2. The van der Waals surface area contributed by atoms with E-state index in [1.165, 1.54) is 0 Å². The van der Waals surface area contributed by atoms with Crippen LogP contribution in [0.4, 0.5) is 0 Å². The molecular weight excluding hydrogens is 356 g/mol. The molecule has 2 heterocycles. The molecule has 1 aliphatic rings. The highest BCUT2D eigenvalue weighted by Gasteiger charge is 2.34. The second-order valence-electron chi connectivity index (χ2n) is 6.58. The van der Waals surface area contributed by atoms with E-state index in [4.69, 9.17) is 0 Å². The molecule has 27 heavy (non-hydrogen) atoms. The van der Waals surface area contributed by atoms with Crippen LogP contribution >= 0.6 is 11.3 Å². The van der Waals surface area contributed by atoms with Gasteiger partial charge in [0.15, 0.2) is 0 Å². The molecule has 4 rings (SSSR count). The van der Waals surface area contributed by atoms with Crippen molar-refractivity contribution in [2.45, 2.75) is 25.6 Å². The molecule has 3 aromatic rings. The lowest BCUT2D eigenvalue weighted by atomic mass is 9.92. The Kier molecular flexibility index (Phi) is 5.03. The topological polar surface area (TPSA) is 49.4 Å². The number of rotatable bonds is 4. The molecule has 1 atom stereocenters. The van der Waals surface area contributed by atoms with Crippen LogP contribution in [0.5, 0.6) is 0 Å². The van der Waals surface area contributed by atoms with E-state index in [1.54, 1.807) is 28.4 Å². The lowest BCUT2D eigenvalue weighted by Gasteiger charge is -2.36. The number of benzene rings is 2. The van der Waals surface area contributed by atoms with Gasteiger partial charge in [0.1, 0.15) is 6.04 Å². The van der Waals surface area contributed by atoms with Crippen LogP contribution in [0.3, 0.4) is 0 Å². The van der Waals surface area contributed by atoms with E-state index in [9.17, 15) is 9.59 Å². The molecule has 4 nitrogen and oxygen atoms in total. The Labute approximate surface area is 162 Å². The molecule has 136 valence electrons. The number of nitrogens with one attached hydrogen (secondary N) is 1. The second kappa shape index (κ2) is 7.76. The first-order valence-corrected chi connectivity index (χ1v) is 9.83. The van der Waals surface area contributed by atoms with E-state index in [0.29, 0.717) is 25.1 Å². The minimum atomic E-state index is -0.507. The molecule has 0 saturated heterocycles. The third-order valence-electron chi connectivity index (χ3n) is 4.85. The van der Waals surface area contributed by atoms with Crippen LogP contribution in [0, 0.1) is 0 Å². The van der Waals surface area contributed by atoms with E-state index in [2.05, 4.69) is 5.32 Å². The maximum absolute atomic E-state index is 13.1. The van der Waals surface area contributed by atoms with Gasteiger partial charge < -0.3 is 10.2 Å². The highest BCUT2D eigenvalue weighted by molar-refractivity contribution is 7.09. The summed E-state index contributed by atoms with van der Waals surface area (Å²) in [7, 11) is 0. The second-order valence-corrected chi connectivity index (χ2v) is 7.62. The molecule has 0 saturated carbocycles. The number of hydrogen-bond acceptors (Lipinski definition) is 3. The summed E-state index contributed by atoms with van der Waals surface area (Å²) in [5.41, 5.74) is 2.84. The van der Waals surface area contributed by atoms with Crippen molar-refractivity contribution in [3.8, 4) is 0 Å². The summed E-state index contributed by atoms with van der Waals surface area (Å²) in [6.45, 7) is 0.934. The minimum Gasteiger partial charge on any atom is -0.349 e. The first kappa shape index (κ1) is 17.5. The van der Waals surface area contributed by atoms with Crippen molar-refractivity contribution in [2.24, 2.45) is 0 Å².